The minimum absolute atomic E-state index is 0.0293. The Bertz CT molecular complexity index is 760. The molecule has 0 saturated heterocycles. The highest BCUT2D eigenvalue weighted by Crippen LogP contribution is 2.33. The maximum absolute atomic E-state index is 13.3. The summed E-state index contributed by atoms with van der Waals surface area (Å²) in [6, 6.07) is 7.73. The van der Waals surface area contributed by atoms with E-state index in [2.05, 4.69) is 0 Å². The van der Waals surface area contributed by atoms with Crippen molar-refractivity contribution in [1.82, 2.24) is 0 Å². The third kappa shape index (κ3) is 3.91. The molecule has 0 heterocycles. The quantitative estimate of drug-likeness (QED) is 0.738. The molecule has 1 unspecified atom stereocenters. The van der Waals surface area contributed by atoms with Crippen molar-refractivity contribution in [3.8, 4) is 17.6 Å². The van der Waals surface area contributed by atoms with Gasteiger partial charge in [0.05, 0.1) is 11.2 Å². The summed E-state index contributed by atoms with van der Waals surface area (Å²) < 4.78 is 55.4. The number of ether oxygens (including phenoxy) is 1. The zero-order chi connectivity index (χ0) is 17.1. The molecule has 1 atom stereocenters. The molecular weight excluding hydrogens is 351 g/mol. The molecule has 23 heavy (non-hydrogen) atoms. The zero-order valence-electron chi connectivity index (χ0n) is 11.6. The second kappa shape index (κ2) is 7.13. The lowest BCUT2D eigenvalue weighted by Crippen LogP contribution is -2.13. The van der Waals surface area contributed by atoms with Gasteiger partial charge in [-0.1, -0.05) is 11.6 Å². The van der Waals surface area contributed by atoms with E-state index >= 15 is 0 Å². The van der Waals surface area contributed by atoms with Gasteiger partial charge in [-0.25, -0.2) is 4.39 Å². The Balaban J connectivity index is 2.44. The highest BCUT2D eigenvalue weighted by molar-refractivity contribution is 7.91. The fraction of sp³-hybridized carbons (Fsp3) is 0.133. The van der Waals surface area contributed by atoms with Crippen LogP contribution < -0.4 is 4.74 Å². The summed E-state index contributed by atoms with van der Waals surface area (Å²) in [6.45, 7) is 1.39. The number of rotatable bonds is 4. The summed E-state index contributed by atoms with van der Waals surface area (Å²) >= 11 is 3.17. The first-order valence-electron chi connectivity index (χ1n) is 6.20. The first-order chi connectivity index (χ1) is 10.8. The summed E-state index contributed by atoms with van der Waals surface area (Å²) in [5, 5.41) is 9.32. The van der Waals surface area contributed by atoms with Gasteiger partial charge >= 0.3 is 5.76 Å². The number of nitriles is 1. The first kappa shape index (κ1) is 17.5. The first-order valence-corrected chi connectivity index (χ1v) is 7.79. The number of halogens is 4. The fourth-order valence-corrected chi connectivity index (χ4v) is 2.93. The molecule has 0 radical (unpaired) electrons. The summed E-state index contributed by atoms with van der Waals surface area (Å²) in [6.07, 6.45) is 0. The van der Waals surface area contributed by atoms with Crippen molar-refractivity contribution < 1.29 is 22.5 Å². The normalized spacial score (nSPS) is 12.1. The molecule has 0 spiro atoms. The van der Waals surface area contributed by atoms with Crippen molar-refractivity contribution in [3.05, 3.63) is 52.3 Å². The Morgan fingerprint density at radius 3 is 2.57 bits per heavy atom. The molecule has 2 aromatic rings. The van der Waals surface area contributed by atoms with Crippen molar-refractivity contribution in [2.24, 2.45) is 0 Å². The Morgan fingerprint density at radius 2 is 2.00 bits per heavy atom. The van der Waals surface area contributed by atoms with Crippen LogP contribution in [0.4, 0.5) is 13.2 Å². The van der Waals surface area contributed by atoms with E-state index in [1.54, 1.807) is 0 Å². The number of nitrogens with zero attached hydrogens (tertiary/aromatic N) is 1. The van der Waals surface area contributed by atoms with Gasteiger partial charge in [-0.2, -0.15) is 14.0 Å². The summed E-state index contributed by atoms with van der Waals surface area (Å²) in [4.78, 5) is -0.152. The third-order valence-corrected chi connectivity index (χ3v) is 4.35. The van der Waals surface area contributed by atoms with Crippen LogP contribution in [-0.2, 0) is 11.2 Å². The molecule has 0 aliphatic rings. The van der Waals surface area contributed by atoms with Crippen LogP contribution >= 0.6 is 11.6 Å². The van der Waals surface area contributed by atoms with Gasteiger partial charge in [-0.15, -0.1) is 0 Å². The predicted octanol–water partition coefficient (Wildman–Crippen LogP) is 4.78. The van der Waals surface area contributed by atoms with Gasteiger partial charge in [0.2, 0.25) is 0 Å². The number of alkyl halides is 2. The van der Waals surface area contributed by atoms with E-state index in [1.165, 1.54) is 25.1 Å². The SMILES string of the molecule is Cc1c([S+]([O-])C(F)F)ccc(Oc2cc(F)cc(Cl)c2)c1C#N. The second-order valence-corrected chi connectivity index (χ2v) is 6.27. The van der Waals surface area contributed by atoms with Crippen molar-refractivity contribution in [2.45, 2.75) is 17.6 Å². The summed E-state index contributed by atoms with van der Waals surface area (Å²) in [7, 11) is 0. The second-order valence-electron chi connectivity index (χ2n) is 4.44. The van der Waals surface area contributed by atoms with Crippen LogP contribution in [0.15, 0.2) is 35.2 Å². The minimum Gasteiger partial charge on any atom is -0.607 e. The van der Waals surface area contributed by atoms with E-state index in [9.17, 15) is 23.0 Å². The number of hydrogen-bond donors (Lipinski definition) is 0. The maximum Gasteiger partial charge on any atom is 0.402 e. The maximum atomic E-state index is 13.3. The summed E-state index contributed by atoms with van der Waals surface area (Å²) in [5.41, 5.74) is 0.0583. The average molecular weight is 360 g/mol. The molecule has 0 amide bonds. The topological polar surface area (TPSA) is 56.1 Å². The highest BCUT2D eigenvalue weighted by Gasteiger charge is 2.27. The van der Waals surface area contributed by atoms with Crippen LogP contribution in [0.1, 0.15) is 11.1 Å². The van der Waals surface area contributed by atoms with Crippen LogP contribution in [0.25, 0.3) is 0 Å². The Hall–Kier alpha value is -1.88. The molecular formula is C15H9ClF3NO2S. The van der Waals surface area contributed by atoms with Gasteiger partial charge in [0.1, 0.15) is 28.9 Å². The van der Waals surface area contributed by atoms with Crippen LogP contribution in [0, 0.1) is 24.1 Å². The Kier molecular flexibility index (Phi) is 5.42. The average Bonchev–Trinajstić information content (AvgIpc) is 2.46. The predicted molar refractivity (Wildman–Crippen MR) is 79.8 cm³/mol. The molecule has 120 valence electrons. The van der Waals surface area contributed by atoms with E-state index in [0.29, 0.717) is 0 Å². The lowest BCUT2D eigenvalue weighted by molar-refractivity contribution is 0.234. The largest absolute Gasteiger partial charge is 0.607 e. The van der Waals surface area contributed by atoms with E-state index in [4.69, 9.17) is 16.3 Å². The molecule has 3 nitrogen and oxygen atoms in total. The van der Waals surface area contributed by atoms with Gasteiger partial charge in [0.15, 0.2) is 4.90 Å². The standard InChI is InChI=1S/C15H9ClF3NO2S/c1-8-12(7-20)13(2-3-14(8)23(21)15(18)19)22-11-5-9(16)4-10(17)6-11/h2-6,15H,1H3. The molecule has 0 saturated carbocycles. The lowest BCUT2D eigenvalue weighted by atomic mass is 10.1. The van der Waals surface area contributed by atoms with Gasteiger partial charge in [-0.05, 0) is 31.2 Å². The smallest absolute Gasteiger partial charge is 0.402 e. The summed E-state index contributed by atoms with van der Waals surface area (Å²) in [5.74, 6) is -3.61. The van der Waals surface area contributed by atoms with Crippen LogP contribution in [-0.4, -0.2) is 10.3 Å². The van der Waals surface area contributed by atoms with Crippen LogP contribution in [0.3, 0.4) is 0 Å². The molecule has 0 aliphatic heterocycles. The van der Waals surface area contributed by atoms with Crippen LogP contribution in [0.2, 0.25) is 5.02 Å². The molecule has 2 rings (SSSR count). The molecule has 0 aliphatic carbocycles. The van der Waals surface area contributed by atoms with Crippen molar-refractivity contribution >= 4 is 22.8 Å². The van der Waals surface area contributed by atoms with Crippen molar-refractivity contribution in [3.63, 3.8) is 0 Å². The van der Waals surface area contributed by atoms with Gasteiger partial charge in [0.25, 0.3) is 0 Å². The van der Waals surface area contributed by atoms with Crippen LogP contribution in [0.5, 0.6) is 11.5 Å². The van der Waals surface area contributed by atoms with Gasteiger partial charge < -0.3 is 9.29 Å². The molecule has 0 aromatic heterocycles. The molecule has 8 heteroatoms. The molecule has 0 fully saturated rings. The van der Waals surface area contributed by atoms with E-state index in [-0.39, 0.29) is 32.5 Å². The molecule has 0 N–H and O–H groups in total. The van der Waals surface area contributed by atoms with Crippen molar-refractivity contribution in [1.29, 1.82) is 5.26 Å². The van der Waals surface area contributed by atoms with Gasteiger partial charge in [0, 0.05) is 16.7 Å². The third-order valence-electron chi connectivity index (χ3n) is 2.93. The van der Waals surface area contributed by atoms with E-state index in [0.717, 1.165) is 12.1 Å². The number of benzene rings is 2. The van der Waals surface area contributed by atoms with Gasteiger partial charge in [-0.3, -0.25) is 0 Å². The Labute approximate surface area is 138 Å². The zero-order valence-corrected chi connectivity index (χ0v) is 13.2. The van der Waals surface area contributed by atoms with E-state index < -0.39 is 22.8 Å². The Morgan fingerprint density at radius 1 is 1.30 bits per heavy atom. The minimum atomic E-state index is -3.06. The number of hydrogen-bond acceptors (Lipinski definition) is 3. The molecule has 0 bridgehead atoms. The van der Waals surface area contributed by atoms with Crippen molar-refractivity contribution in [2.75, 3.05) is 0 Å². The fourth-order valence-electron chi connectivity index (χ4n) is 1.92. The van der Waals surface area contributed by atoms with E-state index in [1.807, 2.05) is 6.07 Å². The lowest BCUT2D eigenvalue weighted by Gasteiger charge is -2.14. The molecule has 2 aromatic carbocycles. The highest BCUT2D eigenvalue weighted by atomic mass is 35.5. The monoisotopic (exact) mass is 359 g/mol.